The summed E-state index contributed by atoms with van der Waals surface area (Å²) in [5.74, 6) is 1.60. The first-order valence-corrected chi connectivity index (χ1v) is 5.98. The summed E-state index contributed by atoms with van der Waals surface area (Å²) in [5.41, 5.74) is 6.84. The van der Waals surface area contributed by atoms with E-state index in [1.807, 2.05) is 0 Å². The van der Waals surface area contributed by atoms with E-state index in [1.165, 1.54) is 12.1 Å². The van der Waals surface area contributed by atoms with Gasteiger partial charge in [0.25, 0.3) is 0 Å². The molecule has 4 nitrogen and oxygen atoms in total. The van der Waals surface area contributed by atoms with Crippen molar-refractivity contribution in [3.05, 3.63) is 47.3 Å². The molecule has 96 valence electrons. The average molecular weight is 248 g/mol. The maximum Gasteiger partial charge on any atom is 0.171 e. The van der Waals surface area contributed by atoms with Crippen LogP contribution in [-0.4, -0.2) is 15.2 Å². The second-order valence-electron chi connectivity index (χ2n) is 4.77. The number of aromatic nitrogens is 3. The van der Waals surface area contributed by atoms with Crippen molar-refractivity contribution in [2.45, 2.75) is 26.3 Å². The number of hydrogen-bond acceptors (Lipinski definition) is 3. The molecule has 18 heavy (non-hydrogen) atoms. The van der Waals surface area contributed by atoms with Crippen molar-refractivity contribution >= 4 is 0 Å². The second kappa shape index (κ2) is 5.27. The van der Waals surface area contributed by atoms with Crippen molar-refractivity contribution in [2.24, 2.45) is 11.7 Å². The molecule has 0 radical (unpaired) electrons. The quantitative estimate of drug-likeness (QED) is 0.871. The third-order valence-corrected chi connectivity index (χ3v) is 2.66. The Labute approximate surface area is 105 Å². The van der Waals surface area contributed by atoms with Gasteiger partial charge in [0.15, 0.2) is 5.82 Å². The summed E-state index contributed by atoms with van der Waals surface area (Å²) in [6.45, 7) is 4.23. The molecule has 2 rings (SSSR count). The van der Waals surface area contributed by atoms with Crippen LogP contribution in [0.3, 0.4) is 0 Å². The predicted molar refractivity (Wildman–Crippen MR) is 67.4 cm³/mol. The van der Waals surface area contributed by atoms with E-state index in [9.17, 15) is 4.39 Å². The van der Waals surface area contributed by atoms with Gasteiger partial charge in [-0.25, -0.2) is 9.37 Å². The average Bonchev–Trinajstić information content (AvgIpc) is 2.76. The number of H-pyrrole nitrogens is 1. The molecule has 1 aromatic carbocycles. The zero-order valence-corrected chi connectivity index (χ0v) is 10.5. The number of halogens is 1. The van der Waals surface area contributed by atoms with Crippen LogP contribution in [0.2, 0.25) is 0 Å². The van der Waals surface area contributed by atoms with Gasteiger partial charge < -0.3 is 5.73 Å². The number of nitrogens with two attached hydrogens (primary N) is 1. The van der Waals surface area contributed by atoms with Gasteiger partial charge in [0.05, 0.1) is 6.04 Å². The van der Waals surface area contributed by atoms with Gasteiger partial charge in [-0.1, -0.05) is 26.0 Å². The van der Waals surface area contributed by atoms with Crippen molar-refractivity contribution in [3.8, 4) is 0 Å². The summed E-state index contributed by atoms with van der Waals surface area (Å²) in [7, 11) is 0. The molecule has 0 aliphatic heterocycles. The van der Waals surface area contributed by atoms with E-state index in [1.54, 1.807) is 12.1 Å². The first-order chi connectivity index (χ1) is 8.56. The Balaban J connectivity index is 2.15. The standard InChI is InChI=1S/C13H17FN4/c1-8(2)7-11-16-13(18-17-11)12(15)9-3-5-10(14)6-4-9/h3-6,8,12H,7,15H2,1-2H3,(H,16,17,18). The molecular weight excluding hydrogens is 231 g/mol. The number of hydrogen-bond donors (Lipinski definition) is 2. The van der Waals surface area contributed by atoms with E-state index in [0.29, 0.717) is 11.7 Å². The normalized spacial score (nSPS) is 12.9. The summed E-state index contributed by atoms with van der Waals surface area (Å²) >= 11 is 0. The van der Waals surface area contributed by atoms with Gasteiger partial charge in [-0.3, -0.25) is 5.10 Å². The van der Waals surface area contributed by atoms with Crippen molar-refractivity contribution in [2.75, 3.05) is 0 Å². The van der Waals surface area contributed by atoms with Crippen LogP contribution in [0.15, 0.2) is 24.3 Å². The monoisotopic (exact) mass is 248 g/mol. The highest BCUT2D eigenvalue weighted by molar-refractivity contribution is 5.24. The van der Waals surface area contributed by atoms with Gasteiger partial charge in [-0.2, -0.15) is 5.10 Å². The molecule has 1 heterocycles. The largest absolute Gasteiger partial charge is 0.318 e. The van der Waals surface area contributed by atoms with E-state index < -0.39 is 6.04 Å². The van der Waals surface area contributed by atoms with Crippen LogP contribution in [0.25, 0.3) is 0 Å². The van der Waals surface area contributed by atoms with E-state index in [0.717, 1.165) is 17.8 Å². The van der Waals surface area contributed by atoms with Crippen LogP contribution < -0.4 is 5.73 Å². The summed E-state index contributed by atoms with van der Waals surface area (Å²) in [6, 6.07) is 5.65. The lowest BCUT2D eigenvalue weighted by Gasteiger charge is -2.07. The minimum Gasteiger partial charge on any atom is -0.318 e. The first-order valence-electron chi connectivity index (χ1n) is 5.98. The van der Waals surface area contributed by atoms with Crippen LogP contribution in [0.4, 0.5) is 4.39 Å². The minimum atomic E-state index is -0.428. The van der Waals surface area contributed by atoms with Gasteiger partial charge >= 0.3 is 0 Å². The fourth-order valence-corrected chi connectivity index (χ4v) is 1.75. The van der Waals surface area contributed by atoms with Gasteiger partial charge in [-0.05, 0) is 23.6 Å². The van der Waals surface area contributed by atoms with Crippen LogP contribution in [-0.2, 0) is 6.42 Å². The Hall–Kier alpha value is -1.75. The summed E-state index contributed by atoms with van der Waals surface area (Å²) < 4.78 is 12.8. The molecule has 2 aromatic rings. The van der Waals surface area contributed by atoms with Crippen molar-refractivity contribution in [3.63, 3.8) is 0 Å². The zero-order valence-electron chi connectivity index (χ0n) is 10.5. The van der Waals surface area contributed by atoms with E-state index in [4.69, 9.17) is 5.73 Å². The predicted octanol–water partition coefficient (Wildman–Crippen LogP) is 2.19. The van der Waals surface area contributed by atoms with Crippen molar-refractivity contribution in [1.82, 2.24) is 15.2 Å². The SMILES string of the molecule is CC(C)Cc1nc(C(N)c2ccc(F)cc2)n[nH]1. The maximum atomic E-state index is 12.8. The first kappa shape index (κ1) is 12.7. The van der Waals surface area contributed by atoms with Crippen LogP contribution in [0, 0.1) is 11.7 Å². The molecule has 0 amide bonds. The lowest BCUT2D eigenvalue weighted by atomic mass is 10.1. The Morgan fingerprint density at radius 3 is 2.56 bits per heavy atom. The van der Waals surface area contributed by atoms with Crippen LogP contribution in [0.1, 0.15) is 37.1 Å². The molecule has 0 spiro atoms. The third kappa shape index (κ3) is 2.92. The number of nitrogens with zero attached hydrogens (tertiary/aromatic N) is 2. The second-order valence-corrected chi connectivity index (χ2v) is 4.77. The number of nitrogens with one attached hydrogen (secondary N) is 1. The topological polar surface area (TPSA) is 67.6 Å². The van der Waals surface area contributed by atoms with Crippen molar-refractivity contribution in [1.29, 1.82) is 0 Å². The van der Waals surface area contributed by atoms with Gasteiger partial charge in [0.1, 0.15) is 11.6 Å². The highest BCUT2D eigenvalue weighted by atomic mass is 19.1. The molecule has 0 saturated carbocycles. The van der Waals surface area contributed by atoms with Gasteiger partial charge in [0.2, 0.25) is 0 Å². The fourth-order valence-electron chi connectivity index (χ4n) is 1.75. The molecule has 1 unspecified atom stereocenters. The Morgan fingerprint density at radius 2 is 1.94 bits per heavy atom. The molecular formula is C13H17FN4. The molecule has 3 N–H and O–H groups in total. The Morgan fingerprint density at radius 1 is 1.28 bits per heavy atom. The van der Waals surface area contributed by atoms with Gasteiger partial charge in [-0.15, -0.1) is 0 Å². The fraction of sp³-hybridized carbons (Fsp3) is 0.385. The molecule has 0 aliphatic carbocycles. The van der Waals surface area contributed by atoms with Gasteiger partial charge in [0, 0.05) is 6.42 Å². The maximum absolute atomic E-state index is 12.8. The summed E-state index contributed by atoms with van der Waals surface area (Å²) in [5, 5.41) is 7.00. The number of benzene rings is 1. The molecule has 0 saturated heterocycles. The molecule has 5 heteroatoms. The number of aromatic amines is 1. The smallest absolute Gasteiger partial charge is 0.171 e. The molecule has 0 fully saturated rings. The Kier molecular flexibility index (Phi) is 3.72. The molecule has 0 aliphatic rings. The van der Waals surface area contributed by atoms with Crippen LogP contribution >= 0.6 is 0 Å². The molecule has 1 atom stereocenters. The van der Waals surface area contributed by atoms with E-state index in [-0.39, 0.29) is 5.82 Å². The summed E-state index contributed by atoms with van der Waals surface area (Å²) in [4.78, 5) is 4.36. The molecule has 0 bridgehead atoms. The highest BCUT2D eigenvalue weighted by Gasteiger charge is 2.14. The zero-order chi connectivity index (χ0) is 13.1. The third-order valence-electron chi connectivity index (χ3n) is 2.66. The lowest BCUT2D eigenvalue weighted by molar-refractivity contribution is 0.621. The van der Waals surface area contributed by atoms with E-state index in [2.05, 4.69) is 29.0 Å². The lowest BCUT2D eigenvalue weighted by Crippen LogP contribution is -2.13. The van der Waals surface area contributed by atoms with Crippen LogP contribution in [0.5, 0.6) is 0 Å². The highest BCUT2D eigenvalue weighted by Crippen LogP contribution is 2.17. The minimum absolute atomic E-state index is 0.276. The van der Waals surface area contributed by atoms with Crippen molar-refractivity contribution < 1.29 is 4.39 Å². The van der Waals surface area contributed by atoms with E-state index >= 15 is 0 Å². The Bertz CT molecular complexity index is 504. The summed E-state index contributed by atoms with van der Waals surface area (Å²) in [6.07, 6.45) is 0.836. The molecule has 1 aromatic heterocycles. The number of rotatable bonds is 4.